The van der Waals surface area contributed by atoms with Gasteiger partial charge in [0.15, 0.2) is 0 Å². The summed E-state index contributed by atoms with van der Waals surface area (Å²) in [5.74, 6) is -0.535. The number of aliphatic carboxylic acids is 1. The lowest BCUT2D eigenvalue weighted by Crippen LogP contribution is -2.34. The summed E-state index contributed by atoms with van der Waals surface area (Å²) in [6.07, 6.45) is 0.607. The number of carboxylic acid groups (broad SMARTS) is 1. The molecule has 0 aliphatic rings. The lowest BCUT2D eigenvalue weighted by Gasteiger charge is -2.13. The summed E-state index contributed by atoms with van der Waals surface area (Å²) in [5.41, 5.74) is 4.10. The fourth-order valence-electron chi connectivity index (χ4n) is 2.83. The number of carbonyl (C=O) groups excluding carboxylic acids is 1. The van der Waals surface area contributed by atoms with Gasteiger partial charge in [-0.25, -0.2) is 14.6 Å². The molecule has 0 fully saturated rings. The third kappa shape index (κ3) is 4.87. The monoisotopic (exact) mass is 359 g/mol. The Hall–Kier alpha value is -2.77. The van der Waals surface area contributed by atoms with Crippen molar-refractivity contribution in [3.05, 3.63) is 34.4 Å². The number of carbonyl (C=O) groups is 2. The van der Waals surface area contributed by atoms with Gasteiger partial charge in [-0.1, -0.05) is 0 Å². The second kappa shape index (κ2) is 8.07. The summed E-state index contributed by atoms with van der Waals surface area (Å²) in [5, 5.41) is 16.0. The first-order valence-electron chi connectivity index (χ1n) is 8.56. The molecule has 0 aliphatic heterocycles. The van der Waals surface area contributed by atoms with Crippen molar-refractivity contribution in [2.24, 2.45) is 0 Å². The normalized spacial score (nSPS) is 12.0. The fraction of sp³-hybridized carbons (Fsp3) is 0.500. The van der Waals surface area contributed by atoms with Gasteiger partial charge in [0.2, 0.25) is 5.91 Å². The number of carboxylic acids is 1. The van der Waals surface area contributed by atoms with E-state index in [0.717, 1.165) is 28.3 Å². The molecule has 2 N–H and O–H groups in total. The Morgan fingerprint density at radius 2 is 1.81 bits per heavy atom. The Bertz CT molecular complexity index is 808. The minimum Gasteiger partial charge on any atom is -0.481 e. The molecular weight excluding hydrogens is 334 g/mol. The fourth-order valence-corrected chi connectivity index (χ4v) is 2.83. The molecule has 26 heavy (non-hydrogen) atoms. The van der Waals surface area contributed by atoms with Crippen molar-refractivity contribution in [2.45, 2.75) is 59.9 Å². The van der Waals surface area contributed by atoms with Crippen LogP contribution in [0.1, 0.15) is 48.1 Å². The first-order valence-corrected chi connectivity index (χ1v) is 8.56. The first kappa shape index (κ1) is 19.6. The van der Waals surface area contributed by atoms with E-state index in [1.54, 1.807) is 11.6 Å². The molecule has 2 heterocycles. The molecule has 0 saturated heterocycles. The predicted octanol–water partition coefficient (Wildman–Crippen LogP) is 1.81. The van der Waals surface area contributed by atoms with Crippen LogP contribution < -0.4 is 5.32 Å². The Labute approximate surface area is 152 Å². The van der Waals surface area contributed by atoms with Crippen molar-refractivity contribution >= 4 is 11.9 Å². The van der Waals surface area contributed by atoms with Crippen molar-refractivity contribution in [1.82, 2.24) is 25.1 Å². The van der Waals surface area contributed by atoms with Crippen molar-refractivity contribution < 1.29 is 14.7 Å². The van der Waals surface area contributed by atoms with Crippen molar-refractivity contribution in [2.75, 3.05) is 0 Å². The van der Waals surface area contributed by atoms with Crippen LogP contribution in [-0.2, 0) is 16.0 Å². The number of amides is 1. The lowest BCUT2D eigenvalue weighted by molar-refractivity contribution is -0.137. The minimum atomic E-state index is -0.868. The lowest BCUT2D eigenvalue weighted by atomic mass is 10.1. The van der Waals surface area contributed by atoms with Gasteiger partial charge < -0.3 is 10.4 Å². The van der Waals surface area contributed by atoms with E-state index in [1.807, 2.05) is 33.8 Å². The highest BCUT2D eigenvalue weighted by molar-refractivity contribution is 5.79. The maximum atomic E-state index is 12.3. The molecule has 0 spiro atoms. The zero-order chi connectivity index (χ0) is 19.4. The summed E-state index contributed by atoms with van der Waals surface area (Å²) < 4.78 is 1.66. The second-order valence-electron chi connectivity index (χ2n) is 6.59. The van der Waals surface area contributed by atoms with Crippen LogP contribution in [0.4, 0.5) is 0 Å². The molecule has 2 aromatic rings. The molecule has 0 aliphatic carbocycles. The zero-order valence-corrected chi connectivity index (χ0v) is 15.8. The molecular formula is C18H25N5O3. The standard InChI is InChI=1S/C18H25N5O3/c1-10(6-7-17(25)26)19-16(24)9-15-13(4)22-23(14(15)5)18-20-11(2)8-12(3)21-18/h8,10H,6-7,9H2,1-5H3,(H,19,24)(H,25,26). The van der Waals surface area contributed by atoms with Crippen LogP contribution in [0.25, 0.3) is 5.95 Å². The van der Waals surface area contributed by atoms with E-state index in [1.165, 1.54) is 0 Å². The molecule has 140 valence electrons. The molecule has 0 saturated carbocycles. The van der Waals surface area contributed by atoms with Crippen LogP contribution in [0.3, 0.4) is 0 Å². The number of hydrogen-bond donors (Lipinski definition) is 2. The topological polar surface area (TPSA) is 110 Å². The van der Waals surface area contributed by atoms with E-state index in [0.29, 0.717) is 12.4 Å². The van der Waals surface area contributed by atoms with Crippen LogP contribution >= 0.6 is 0 Å². The van der Waals surface area contributed by atoms with Gasteiger partial charge in [0.05, 0.1) is 12.1 Å². The summed E-state index contributed by atoms with van der Waals surface area (Å²) in [6.45, 7) is 9.33. The average Bonchev–Trinajstić information content (AvgIpc) is 2.80. The molecule has 0 bridgehead atoms. The van der Waals surface area contributed by atoms with Crippen LogP contribution in [0.5, 0.6) is 0 Å². The molecule has 0 aromatic carbocycles. The van der Waals surface area contributed by atoms with Crippen molar-refractivity contribution in [3.63, 3.8) is 0 Å². The van der Waals surface area contributed by atoms with Gasteiger partial charge >= 0.3 is 5.97 Å². The molecule has 1 atom stereocenters. The van der Waals surface area contributed by atoms with Gasteiger partial charge in [-0.3, -0.25) is 9.59 Å². The SMILES string of the molecule is Cc1cc(C)nc(-n2nc(C)c(CC(=O)NC(C)CCC(=O)O)c2C)n1. The number of nitrogens with zero attached hydrogens (tertiary/aromatic N) is 4. The second-order valence-corrected chi connectivity index (χ2v) is 6.59. The molecule has 1 amide bonds. The summed E-state index contributed by atoms with van der Waals surface area (Å²) >= 11 is 0. The molecule has 8 heteroatoms. The average molecular weight is 359 g/mol. The quantitative estimate of drug-likeness (QED) is 0.780. The van der Waals surface area contributed by atoms with Crippen LogP contribution in [-0.4, -0.2) is 42.8 Å². The number of rotatable bonds is 7. The molecule has 2 aromatic heterocycles. The molecule has 8 nitrogen and oxygen atoms in total. The Balaban J connectivity index is 2.14. The van der Waals surface area contributed by atoms with E-state index in [9.17, 15) is 9.59 Å². The Kier molecular flexibility index (Phi) is 6.07. The van der Waals surface area contributed by atoms with E-state index in [2.05, 4.69) is 20.4 Å². The Morgan fingerprint density at radius 1 is 1.19 bits per heavy atom. The number of nitrogens with one attached hydrogen (secondary N) is 1. The third-order valence-corrected chi connectivity index (χ3v) is 4.14. The molecule has 2 rings (SSSR count). The van der Waals surface area contributed by atoms with E-state index in [-0.39, 0.29) is 24.8 Å². The Morgan fingerprint density at radius 3 is 2.38 bits per heavy atom. The number of aromatic nitrogens is 4. The predicted molar refractivity (Wildman–Crippen MR) is 96.3 cm³/mol. The summed E-state index contributed by atoms with van der Waals surface area (Å²) in [4.78, 5) is 31.8. The first-order chi connectivity index (χ1) is 12.2. The summed E-state index contributed by atoms with van der Waals surface area (Å²) in [6, 6.07) is 1.69. The molecule has 0 radical (unpaired) electrons. The van der Waals surface area contributed by atoms with Crippen molar-refractivity contribution in [3.8, 4) is 5.95 Å². The van der Waals surface area contributed by atoms with Crippen LogP contribution in [0.15, 0.2) is 6.07 Å². The van der Waals surface area contributed by atoms with Gasteiger partial charge in [0.25, 0.3) is 5.95 Å². The maximum absolute atomic E-state index is 12.3. The van der Waals surface area contributed by atoms with Crippen LogP contribution in [0, 0.1) is 27.7 Å². The highest BCUT2D eigenvalue weighted by Crippen LogP contribution is 2.17. The van der Waals surface area contributed by atoms with Gasteiger partial charge in [-0.05, 0) is 47.1 Å². The van der Waals surface area contributed by atoms with Crippen molar-refractivity contribution in [1.29, 1.82) is 0 Å². The highest BCUT2D eigenvalue weighted by atomic mass is 16.4. The molecule has 1 unspecified atom stereocenters. The van der Waals surface area contributed by atoms with Crippen LogP contribution in [0.2, 0.25) is 0 Å². The van der Waals surface area contributed by atoms with E-state index >= 15 is 0 Å². The van der Waals surface area contributed by atoms with E-state index in [4.69, 9.17) is 5.11 Å². The van der Waals surface area contributed by atoms with Gasteiger partial charge in [0, 0.05) is 35.1 Å². The third-order valence-electron chi connectivity index (χ3n) is 4.14. The number of hydrogen-bond acceptors (Lipinski definition) is 5. The minimum absolute atomic E-state index is 0.0292. The van der Waals surface area contributed by atoms with Gasteiger partial charge in [-0.2, -0.15) is 5.10 Å². The summed E-state index contributed by atoms with van der Waals surface area (Å²) in [7, 11) is 0. The smallest absolute Gasteiger partial charge is 0.303 e. The zero-order valence-electron chi connectivity index (χ0n) is 15.8. The van der Waals surface area contributed by atoms with Gasteiger partial charge in [0.1, 0.15) is 0 Å². The number of aryl methyl sites for hydroxylation is 3. The highest BCUT2D eigenvalue weighted by Gasteiger charge is 2.18. The maximum Gasteiger partial charge on any atom is 0.303 e. The largest absolute Gasteiger partial charge is 0.481 e. The van der Waals surface area contributed by atoms with Gasteiger partial charge in [-0.15, -0.1) is 0 Å². The van der Waals surface area contributed by atoms with E-state index < -0.39 is 5.97 Å².